The third-order valence-corrected chi connectivity index (χ3v) is 4.14. The Balaban J connectivity index is 2.60. The lowest BCUT2D eigenvalue weighted by molar-refractivity contribution is -0.137. The lowest BCUT2D eigenvalue weighted by Crippen LogP contribution is -2.48. The minimum absolute atomic E-state index is 0.0110. The van der Waals surface area contributed by atoms with E-state index in [-0.39, 0.29) is 43.0 Å². The zero-order valence-electron chi connectivity index (χ0n) is 14.4. The Morgan fingerprint density at radius 2 is 1.92 bits per heavy atom. The first-order valence-corrected chi connectivity index (χ1v) is 8.32. The number of carbonyl (C=O) groups excluding carboxylic acids is 3. The molecule has 136 valence electrons. The normalized spacial score (nSPS) is 16.8. The molecule has 3 amide bonds. The molecule has 1 heterocycles. The standard InChI is InChI=1S/C16H27N3O5/c1-12(20)8-10-18(16(24)17-2)11-13-5-4-9-19(13)14(21)6-3-7-15(22)23/h13H,3-11H2,1-2H3,(H,17,24)(H,22,23)/t13-/m0/s1. The fourth-order valence-electron chi connectivity index (χ4n) is 2.87. The van der Waals surface area contributed by atoms with Crippen molar-refractivity contribution in [3.63, 3.8) is 0 Å². The van der Waals surface area contributed by atoms with Crippen LogP contribution in [0, 0.1) is 0 Å². The summed E-state index contributed by atoms with van der Waals surface area (Å²) < 4.78 is 0. The van der Waals surface area contributed by atoms with E-state index in [0.29, 0.717) is 26.1 Å². The first-order chi connectivity index (χ1) is 11.3. The first-order valence-electron chi connectivity index (χ1n) is 8.32. The number of urea groups is 1. The van der Waals surface area contributed by atoms with Crippen molar-refractivity contribution in [3.8, 4) is 0 Å². The maximum Gasteiger partial charge on any atom is 0.317 e. The van der Waals surface area contributed by atoms with Gasteiger partial charge < -0.3 is 20.2 Å². The van der Waals surface area contributed by atoms with Crippen LogP contribution in [0.25, 0.3) is 0 Å². The van der Waals surface area contributed by atoms with E-state index in [1.807, 2.05) is 0 Å². The summed E-state index contributed by atoms with van der Waals surface area (Å²) in [5.41, 5.74) is 0. The first kappa shape index (κ1) is 19.9. The van der Waals surface area contributed by atoms with Crippen molar-refractivity contribution in [1.82, 2.24) is 15.1 Å². The Hall–Kier alpha value is -2.12. The molecule has 0 radical (unpaired) electrons. The molecule has 2 N–H and O–H groups in total. The van der Waals surface area contributed by atoms with Crippen LogP contribution in [0.2, 0.25) is 0 Å². The number of hydrogen-bond donors (Lipinski definition) is 2. The number of amides is 3. The fourth-order valence-corrected chi connectivity index (χ4v) is 2.87. The number of nitrogens with one attached hydrogen (secondary N) is 1. The highest BCUT2D eigenvalue weighted by Gasteiger charge is 2.31. The van der Waals surface area contributed by atoms with E-state index in [1.54, 1.807) is 9.80 Å². The van der Waals surface area contributed by atoms with Crippen LogP contribution in [0.15, 0.2) is 0 Å². The molecule has 0 aromatic rings. The highest BCUT2D eigenvalue weighted by Crippen LogP contribution is 2.20. The Kier molecular flexibility index (Phi) is 8.21. The molecule has 0 aromatic heterocycles. The number of Topliss-reactive ketones (excluding diaryl/α,β-unsaturated/α-hetero) is 1. The molecule has 0 aromatic carbocycles. The SMILES string of the molecule is CNC(=O)N(CCC(C)=O)C[C@@H]1CCCN1C(=O)CCCC(=O)O. The predicted octanol–water partition coefficient (Wildman–Crippen LogP) is 0.853. The molecule has 8 heteroatoms. The molecule has 1 aliphatic heterocycles. The number of rotatable bonds is 9. The maximum absolute atomic E-state index is 12.3. The van der Waals surface area contributed by atoms with Crippen LogP contribution >= 0.6 is 0 Å². The van der Waals surface area contributed by atoms with Crippen LogP contribution < -0.4 is 5.32 Å². The smallest absolute Gasteiger partial charge is 0.317 e. The van der Waals surface area contributed by atoms with Gasteiger partial charge in [-0.2, -0.15) is 0 Å². The van der Waals surface area contributed by atoms with Crippen LogP contribution in [0.5, 0.6) is 0 Å². The number of carboxylic acids is 1. The van der Waals surface area contributed by atoms with Crippen LogP contribution in [0.3, 0.4) is 0 Å². The van der Waals surface area contributed by atoms with Crippen molar-refractivity contribution in [2.45, 2.75) is 51.5 Å². The second-order valence-corrected chi connectivity index (χ2v) is 6.08. The van der Waals surface area contributed by atoms with E-state index >= 15 is 0 Å². The number of carbonyl (C=O) groups is 4. The van der Waals surface area contributed by atoms with Gasteiger partial charge in [0.1, 0.15) is 5.78 Å². The highest BCUT2D eigenvalue weighted by atomic mass is 16.4. The van der Waals surface area contributed by atoms with Gasteiger partial charge in [-0.25, -0.2) is 4.79 Å². The van der Waals surface area contributed by atoms with Crippen molar-refractivity contribution in [1.29, 1.82) is 0 Å². The Labute approximate surface area is 142 Å². The molecule has 1 saturated heterocycles. The molecule has 1 fully saturated rings. The zero-order chi connectivity index (χ0) is 18.1. The molecule has 0 bridgehead atoms. The van der Waals surface area contributed by atoms with Gasteiger partial charge in [-0.3, -0.25) is 14.4 Å². The van der Waals surface area contributed by atoms with Gasteiger partial charge in [0.25, 0.3) is 0 Å². The lowest BCUT2D eigenvalue weighted by atomic mass is 10.1. The van der Waals surface area contributed by atoms with Crippen molar-refractivity contribution in [2.75, 3.05) is 26.7 Å². The average molecular weight is 341 g/mol. The molecule has 0 unspecified atom stereocenters. The summed E-state index contributed by atoms with van der Waals surface area (Å²) in [7, 11) is 1.53. The molecular weight excluding hydrogens is 314 g/mol. The maximum atomic E-state index is 12.3. The van der Waals surface area contributed by atoms with E-state index in [2.05, 4.69) is 5.32 Å². The third-order valence-electron chi connectivity index (χ3n) is 4.14. The number of nitrogens with zero attached hydrogens (tertiary/aromatic N) is 2. The summed E-state index contributed by atoms with van der Waals surface area (Å²) in [6, 6.07) is -0.340. The van der Waals surface area contributed by atoms with E-state index < -0.39 is 5.97 Å². The van der Waals surface area contributed by atoms with Gasteiger partial charge in [-0.05, 0) is 26.2 Å². The van der Waals surface area contributed by atoms with Crippen LogP contribution in [0.1, 0.15) is 45.4 Å². The topological polar surface area (TPSA) is 107 Å². The number of likely N-dealkylation sites (tertiary alicyclic amines) is 1. The predicted molar refractivity (Wildman–Crippen MR) is 87.5 cm³/mol. The quantitative estimate of drug-likeness (QED) is 0.646. The monoisotopic (exact) mass is 341 g/mol. The number of aliphatic carboxylic acids is 1. The van der Waals surface area contributed by atoms with Gasteiger partial charge in [0, 0.05) is 52.0 Å². The minimum Gasteiger partial charge on any atom is -0.481 e. The minimum atomic E-state index is -0.907. The molecule has 1 aliphatic rings. The van der Waals surface area contributed by atoms with Gasteiger partial charge >= 0.3 is 12.0 Å². The fraction of sp³-hybridized carbons (Fsp3) is 0.750. The summed E-state index contributed by atoms with van der Waals surface area (Å²) in [6.45, 7) is 2.82. The van der Waals surface area contributed by atoms with E-state index in [4.69, 9.17) is 5.11 Å². The molecule has 0 spiro atoms. The average Bonchev–Trinajstić information content (AvgIpc) is 2.98. The number of hydrogen-bond acceptors (Lipinski definition) is 4. The second-order valence-electron chi connectivity index (χ2n) is 6.08. The second kappa shape index (κ2) is 9.89. The summed E-state index contributed by atoms with van der Waals surface area (Å²) >= 11 is 0. The number of carboxylic acid groups (broad SMARTS) is 1. The van der Waals surface area contributed by atoms with Crippen molar-refractivity contribution in [2.24, 2.45) is 0 Å². The van der Waals surface area contributed by atoms with E-state index in [0.717, 1.165) is 12.8 Å². The summed E-state index contributed by atoms with van der Waals surface area (Å²) in [4.78, 5) is 49.3. The summed E-state index contributed by atoms with van der Waals surface area (Å²) in [5, 5.41) is 11.2. The molecule has 1 atom stereocenters. The van der Waals surface area contributed by atoms with Crippen LogP contribution in [-0.2, 0) is 14.4 Å². The zero-order valence-corrected chi connectivity index (χ0v) is 14.4. The Morgan fingerprint density at radius 1 is 1.21 bits per heavy atom. The van der Waals surface area contributed by atoms with Gasteiger partial charge in [0.15, 0.2) is 0 Å². The van der Waals surface area contributed by atoms with Gasteiger partial charge in [0.05, 0.1) is 0 Å². The van der Waals surface area contributed by atoms with E-state index in [1.165, 1.54) is 14.0 Å². The Morgan fingerprint density at radius 3 is 2.50 bits per heavy atom. The van der Waals surface area contributed by atoms with Crippen molar-refractivity contribution in [3.05, 3.63) is 0 Å². The van der Waals surface area contributed by atoms with Gasteiger partial charge in [-0.1, -0.05) is 0 Å². The third kappa shape index (κ3) is 6.55. The van der Waals surface area contributed by atoms with Crippen LogP contribution in [-0.4, -0.2) is 71.3 Å². The van der Waals surface area contributed by atoms with Crippen molar-refractivity contribution >= 4 is 23.7 Å². The van der Waals surface area contributed by atoms with Gasteiger partial charge in [-0.15, -0.1) is 0 Å². The van der Waals surface area contributed by atoms with Crippen molar-refractivity contribution < 1.29 is 24.3 Å². The Bertz CT molecular complexity index is 480. The highest BCUT2D eigenvalue weighted by molar-refractivity contribution is 5.79. The molecule has 0 saturated carbocycles. The number of ketones is 1. The van der Waals surface area contributed by atoms with E-state index in [9.17, 15) is 19.2 Å². The molecule has 24 heavy (non-hydrogen) atoms. The summed E-state index contributed by atoms with van der Waals surface area (Å²) in [6.07, 6.45) is 2.46. The largest absolute Gasteiger partial charge is 0.481 e. The van der Waals surface area contributed by atoms with Crippen LogP contribution in [0.4, 0.5) is 4.79 Å². The molecule has 1 rings (SSSR count). The lowest BCUT2D eigenvalue weighted by Gasteiger charge is -2.30. The molecular formula is C16H27N3O5. The summed E-state index contributed by atoms with van der Waals surface area (Å²) in [5.74, 6) is -0.963. The molecule has 0 aliphatic carbocycles. The van der Waals surface area contributed by atoms with Gasteiger partial charge in [0.2, 0.25) is 5.91 Å². The molecule has 8 nitrogen and oxygen atoms in total.